The van der Waals surface area contributed by atoms with Crippen LogP contribution in [0.4, 0.5) is 4.79 Å². The lowest BCUT2D eigenvalue weighted by molar-refractivity contribution is -0.125. The highest BCUT2D eigenvalue weighted by atomic mass is 35.5. The van der Waals surface area contributed by atoms with Gasteiger partial charge in [0.2, 0.25) is 5.91 Å². The van der Waals surface area contributed by atoms with Crippen LogP contribution in [0.25, 0.3) is 5.65 Å². The van der Waals surface area contributed by atoms with E-state index in [1.165, 1.54) is 0 Å². The van der Waals surface area contributed by atoms with Crippen molar-refractivity contribution in [1.82, 2.24) is 19.6 Å². The molecule has 3 aromatic rings. The SMILES string of the molecule is O=C(OCc1cn2cc(Cl)ccc2n1)c1ccccc1CN1C(=O)CNC1=O. The Kier molecular flexibility index (Phi) is 4.70. The molecule has 0 radical (unpaired) electrons. The van der Waals surface area contributed by atoms with Gasteiger partial charge in [-0.1, -0.05) is 29.8 Å². The molecule has 0 spiro atoms. The van der Waals surface area contributed by atoms with Gasteiger partial charge in [0.1, 0.15) is 12.3 Å². The summed E-state index contributed by atoms with van der Waals surface area (Å²) < 4.78 is 7.13. The Hall–Kier alpha value is -3.39. The first-order chi connectivity index (χ1) is 13.5. The number of halogens is 1. The van der Waals surface area contributed by atoms with Gasteiger partial charge >= 0.3 is 12.0 Å². The van der Waals surface area contributed by atoms with Crippen molar-refractivity contribution >= 4 is 35.2 Å². The molecule has 3 amide bonds. The average molecular weight is 399 g/mol. The lowest BCUT2D eigenvalue weighted by Gasteiger charge is -2.15. The molecular formula is C19H15ClN4O4. The summed E-state index contributed by atoms with van der Waals surface area (Å²) in [5.74, 6) is -0.894. The maximum absolute atomic E-state index is 12.6. The Labute approximate surface area is 164 Å². The number of esters is 1. The van der Waals surface area contributed by atoms with Gasteiger partial charge in [-0.25, -0.2) is 14.6 Å². The monoisotopic (exact) mass is 398 g/mol. The first-order valence-electron chi connectivity index (χ1n) is 8.47. The third-order valence-corrected chi connectivity index (χ3v) is 4.54. The summed E-state index contributed by atoms with van der Waals surface area (Å²) in [6, 6.07) is 9.72. The van der Waals surface area contributed by atoms with E-state index < -0.39 is 12.0 Å². The first-order valence-corrected chi connectivity index (χ1v) is 8.85. The van der Waals surface area contributed by atoms with Crippen LogP contribution in [0.5, 0.6) is 0 Å². The first kappa shape index (κ1) is 18.0. The number of benzene rings is 1. The smallest absolute Gasteiger partial charge is 0.338 e. The summed E-state index contributed by atoms with van der Waals surface area (Å²) in [6.07, 6.45) is 3.44. The molecule has 28 heavy (non-hydrogen) atoms. The van der Waals surface area contributed by atoms with Crippen LogP contribution in [-0.2, 0) is 22.7 Å². The van der Waals surface area contributed by atoms with Crippen LogP contribution in [0.15, 0.2) is 48.8 Å². The highest BCUT2D eigenvalue weighted by molar-refractivity contribution is 6.30. The molecule has 4 rings (SSSR count). The molecule has 0 aliphatic carbocycles. The van der Waals surface area contributed by atoms with Crippen LogP contribution in [0, 0.1) is 0 Å². The number of pyridine rings is 1. The minimum Gasteiger partial charge on any atom is -0.456 e. The molecule has 142 valence electrons. The summed E-state index contributed by atoms with van der Waals surface area (Å²) in [6.45, 7) is -0.0538. The number of carbonyl (C=O) groups excluding carboxylic acids is 3. The molecule has 9 heteroatoms. The number of imide groups is 1. The quantitative estimate of drug-likeness (QED) is 0.526. The van der Waals surface area contributed by atoms with E-state index in [1.54, 1.807) is 53.2 Å². The highest BCUT2D eigenvalue weighted by Crippen LogP contribution is 2.17. The van der Waals surface area contributed by atoms with Crippen LogP contribution in [0.1, 0.15) is 21.6 Å². The third kappa shape index (κ3) is 3.54. The van der Waals surface area contributed by atoms with Gasteiger partial charge in [-0.05, 0) is 23.8 Å². The zero-order valence-corrected chi connectivity index (χ0v) is 15.3. The molecule has 0 atom stereocenters. The number of hydrogen-bond acceptors (Lipinski definition) is 5. The number of hydrogen-bond donors (Lipinski definition) is 1. The fraction of sp³-hybridized carbons (Fsp3) is 0.158. The van der Waals surface area contributed by atoms with E-state index in [1.807, 2.05) is 0 Å². The molecule has 0 bridgehead atoms. The van der Waals surface area contributed by atoms with Crippen molar-refractivity contribution < 1.29 is 19.1 Å². The molecule has 1 fully saturated rings. The second kappa shape index (κ2) is 7.32. The topological polar surface area (TPSA) is 93.0 Å². The lowest BCUT2D eigenvalue weighted by atomic mass is 10.1. The number of rotatable bonds is 5. The van der Waals surface area contributed by atoms with E-state index in [4.69, 9.17) is 16.3 Å². The number of carbonyl (C=O) groups is 3. The molecule has 1 aliphatic heterocycles. The van der Waals surface area contributed by atoms with Gasteiger partial charge < -0.3 is 14.5 Å². The Morgan fingerprint density at radius 1 is 1.18 bits per heavy atom. The minimum atomic E-state index is -0.558. The standard InChI is InChI=1S/C19H15ClN4O4/c20-13-5-6-16-22-14(10-23(16)9-13)11-28-18(26)15-4-2-1-3-12(15)8-24-17(25)7-21-19(24)27/h1-6,9-10H,7-8,11H2,(H,21,27). The third-order valence-electron chi connectivity index (χ3n) is 4.32. The highest BCUT2D eigenvalue weighted by Gasteiger charge is 2.29. The van der Waals surface area contributed by atoms with Gasteiger partial charge in [0.15, 0.2) is 0 Å². The Balaban J connectivity index is 1.48. The van der Waals surface area contributed by atoms with E-state index in [0.29, 0.717) is 27.5 Å². The predicted molar refractivity (Wildman–Crippen MR) is 99.7 cm³/mol. The maximum atomic E-state index is 12.6. The molecule has 2 aromatic heterocycles. The largest absolute Gasteiger partial charge is 0.456 e. The van der Waals surface area contributed by atoms with Crippen LogP contribution < -0.4 is 5.32 Å². The van der Waals surface area contributed by atoms with Crippen molar-refractivity contribution in [3.8, 4) is 0 Å². The summed E-state index contributed by atoms with van der Waals surface area (Å²) in [4.78, 5) is 41.5. The zero-order chi connectivity index (χ0) is 19.7. The lowest BCUT2D eigenvalue weighted by Crippen LogP contribution is -2.31. The average Bonchev–Trinajstić information content (AvgIpc) is 3.23. The van der Waals surface area contributed by atoms with E-state index in [0.717, 1.165) is 4.90 Å². The number of amides is 3. The van der Waals surface area contributed by atoms with E-state index in [9.17, 15) is 14.4 Å². The van der Waals surface area contributed by atoms with Crippen molar-refractivity contribution in [2.45, 2.75) is 13.2 Å². The molecule has 1 aliphatic rings. The molecule has 8 nitrogen and oxygen atoms in total. The van der Waals surface area contributed by atoms with E-state index in [-0.39, 0.29) is 25.6 Å². The minimum absolute atomic E-state index is 0.00278. The second-order valence-electron chi connectivity index (χ2n) is 6.22. The Morgan fingerprint density at radius 3 is 2.79 bits per heavy atom. The molecule has 0 saturated carbocycles. The number of urea groups is 1. The van der Waals surface area contributed by atoms with Gasteiger partial charge in [-0.2, -0.15) is 0 Å². The molecule has 3 heterocycles. The van der Waals surface area contributed by atoms with Crippen molar-refractivity contribution in [2.24, 2.45) is 0 Å². The number of nitrogens with zero attached hydrogens (tertiary/aromatic N) is 3. The molecule has 1 saturated heterocycles. The van der Waals surface area contributed by atoms with Crippen LogP contribution in [-0.4, -0.2) is 38.7 Å². The number of ether oxygens (including phenoxy) is 1. The van der Waals surface area contributed by atoms with Crippen molar-refractivity contribution in [3.05, 3.63) is 70.6 Å². The van der Waals surface area contributed by atoms with Gasteiger partial charge in [0, 0.05) is 12.4 Å². The molecule has 0 unspecified atom stereocenters. The number of aromatic nitrogens is 2. The number of imidazole rings is 1. The van der Waals surface area contributed by atoms with Crippen LogP contribution in [0.3, 0.4) is 0 Å². The van der Waals surface area contributed by atoms with Crippen LogP contribution >= 0.6 is 11.6 Å². The Morgan fingerprint density at radius 2 is 2.00 bits per heavy atom. The molecule has 1 aromatic carbocycles. The second-order valence-corrected chi connectivity index (χ2v) is 6.65. The zero-order valence-electron chi connectivity index (χ0n) is 14.6. The van der Waals surface area contributed by atoms with Gasteiger partial charge in [-0.3, -0.25) is 9.69 Å². The normalized spacial score (nSPS) is 13.8. The van der Waals surface area contributed by atoms with E-state index in [2.05, 4.69) is 10.3 Å². The van der Waals surface area contributed by atoms with Gasteiger partial charge in [0.25, 0.3) is 0 Å². The molecule has 1 N–H and O–H groups in total. The van der Waals surface area contributed by atoms with Crippen LogP contribution in [0.2, 0.25) is 5.02 Å². The molecular weight excluding hydrogens is 384 g/mol. The summed E-state index contributed by atoms with van der Waals surface area (Å²) in [7, 11) is 0. The predicted octanol–water partition coefficient (Wildman–Crippen LogP) is 2.40. The fourth-order valence-electron chi connectivity index (χ4n) is 2.95. The fourth-order valence-corrected chi connectivity index (χ4v) is 3.12. The number of fused-ring (bicyclic) bond motifs is 1. The summed E-state index contributed by atoms with van der Waals surface area (Å²) >= 11 is 5.95. The summed E-state index contributed by atoms with van der Waals surface area (Å²) in [5, 5.41) is 3.02. The van der Waals surface area contributed by atoms with Crippen molar-refractivity contribution in [1.29, 1.82) is 0 Å². The Bertz CT molecular complexity index is 1080. The van der Waals surface area contributed by atoms with Crippen molar-refractivity contribution in [2.75, 3.05) is 6.54 Å². The summed E-state index contributed by atoms with van der Waals surface area (Å²) in [5.41, 5.74) is 2.08. The maximum Gasteiger partial charge on any atom is 0.338 e. The van der Waals surface area contributed by atoms with E-state index >= 15 is 0 Å². The van der Waals surface area contributed by atoms with Crippen molar-refractivity contribution in [3.63, 3.8) is 0 Å². The van der Waals surface area contributed by atoms with Gasteiger partial charge in [-0.15, -0.1) is 0 Å². The van der Waals surface area contributed by atoms with Gasteiger partial charge in [0.05, 0.1) is 29.4 Å². The number of nitrogens with one attached hydrogen (secondary N) is 1.